The highest BCUT2D eigenvalue weighted by Gasteiger charge is 2.24. The molecule has 28 heavy (non-hydrogen) atoms. The maximum Gasteiger partial charge on any atom is 0.194 e. The van der Waals surface area contributed by atoms with Crippen molar-refractivity contribution < 1.29 is 9.47 Å². The van der Waals surface area contributed by atoms with Crippen LogP contribution in [0.2, 0.25) is 0 Å². The Kier molecular flexibility index (Phi) is 7.11. The van der Waals surface area contributed by atoms with Gasteiger partial charge in [0.15, 0.2) is 5.96 Å². The molecular weight excluding hydrogens is 356 g/mol. The summed E-state index contributed by atoms with van der Waals surface area (Å²) in [5, 5.41) is 10.4. The first-order chi connectivity index (χ1) is 13.7. The molecule has 3 rings (SSSR count). The van der Waals surface area contributed by atoms with Crippen molar-refractivity contribution in [3.63, 3.8) is 0 Å². The summed E-state index contributed by atoms with van der Waals surface area (Å²) in [7, 11) is 1.65. The first kappa shape index (κ1) is 20.0. The van der Waals surface area contributed by atoms with Gasteiger partial charge in [0.1, 0.15) is 29.8 Å². The van der Waals surface area contributed by atoms with Crippen molar-refractivity contribution in [3.8, 4) is 11.5 Å². The number of likely N-dealkylation sites (tertiary alicyclic amines) is 1. The Hall–Kier alpha value is -2.77. The molecule has 1 atom stereocenters. The van der Waals surface area contributed by atoms with Gasteiger partial charge >= 0.3 is 0 Å². The SMILES string of the molecule is CCNC(=NCC(C)Oc1cccc(OC)c1)N1CCC(c2ncn[nH]2)CC1. The number of hydrogen-bond acceptors (Lipinski definition) is 5. The number of benzene rings is 1. The number of guanidine groups is 1. The monoisotopic (exact) mass is 386 g/mol. The number of ether oxygens (including phenoxy) is 2. The van der Waals surface area contributed by atoms with Gasteiger partial charge in [-0.2, -0.15) is 5.10 Å². The lowest BCUT2D eigenvalue weighted by Gasteiger charge is -2.33. The number of piperidine rings is 1. The minimum Gasteiger partial charge on any atom is -0.497 e. The van der Waals surface area contributed by atoms with Crippen molar-refractivity contribution in [2.24, 2.45) is 4.99 Å². The van der Waals surface area contributed by atoms with Gasteiger partial charge < -0.3 is 19.7 Å². The molecule has 152 valence electrons. The van der Waals surface area contributed by atoms with Gasteiger partial charge in [-0.3, -0.25) is 5.10 Å². The van der Waals surface area contributed by atoms with E-state index in [2.05, 4.69) is 32.3 Å². The molecule has 8 heteroatoms. The number of rotatable bonds is 7. The third-order valence-electron chi connectivity index (χ3n) is 4.83. The van der Waals surface area contributed by atoms with Crippen molar-refractivity contribution in [3.05, 3.63) is 36.4 Å². The van der Waals surface area contributed by atoms with E-state index >= 15 is 0 Å². The van der Waals surface area contributed by atoms with E-state index in [0.717, 1.165) is 55.8 Å². The molecule has 1 aliphatic rings. The van der Waals surface area contributed by atoms with Crippen LogP contribution in [0.3, 0.4) is 0 Å². The van der Waals surface area contributed by atoms with Crippen LogP contribution in [-0.2, 0) is 0 Å². The lowest BCUT2D eigenvalue weighted by Crippen LogP contribution is -2.45. The predicted molar refractivity (Wildman–Crippen MR) is 109 cm³/mol. The Balaban J connectivity index is 1.54. The van der Waals surface area contributed by atoms with Gasteiger partial charge in [0.2, 0.25) is 0 Å². The second-order valence-electron chi connectivity index (χ2n) is 6.93. The van der Waals surface area contributed by atoms with Gasteiger partial charge in [0.25, 0.3) is 0 Å². The largest absolute Gasteiger partial charge is 0.497 e. The normalized spacial score (nSPS) is 16.7. The highest BCUT2D eigenvalue weighted by atomic mass is 16.5. The maximum absolute atomic E-state index is 5.99. The molecule has 0 bridgehead atoms. The van der Waals surface area contributed by atoms with Crippen LogP contribution in [0, 0.1) is 0 Å². The topological polar surface area (TPSA) is 87.7 Å². The van der Waals surface area contributed by atoms with E-state index in [1.165, 1.54) is 0 Å². The molecule has 1 aliphatic heterocycles. The van der Waals surface area contributed by atoms with Crippen molar-refractivity contribution in [2.45, 2.75) is 38.7 Å². The lowest BCUT2D eigenvalue weighted by molar-refractivity contribution is 0.227. The van der Waals surface area contributed by atoms with Gasteiger partial charge in [-0.15, -0.1) is 0 Å². The van der Waals surface area contributed by atoms with Crippen LogP contribution in [-0.4, -0.2) is 65.4 Å². The van der Waals surface area contributed by atoms with E-state index in [1.54, 1.807) is 13.4 Å². The zero-order valence-electron chi connectivity index (χ0n) is 16.9. The molecule has 2 heterocycles. The fourth-order valence-electron chi connectivity index (χ4n) is 3.36. The van der Waals surface area contributed by atoms with Crippen LogP contribution < -0.4 is 14.8 Å². The number of aromatic nitrogens is 3. The van der Waals surface area contributed by atoms with E-state index in [4.69, 9.17) is 14.5 Å². The average Bonchev–Trinajstić information content (AvgIpc) is 3.26. The molecule has 0 aliphatic carbocycles. The van der Waals surface area contributed by atoms with Gasteiger partial charge in [-0.05, 0) is 38.8 Å². The lowest BCUT2D eigenvalue weighted by atomic mass is 9.96. The molecule has 1 aromatic heterocycles. The molecule has 2 N–H and O–H groups in total. The number of H-pyrrole nitrogens is 1. The number of aliphatic imine (C=N–C) groups is 1. The minimum absolute atomic E-state index is 0.0347. The molecule has 0 spiro atoms. The smallest absolute Gasteiger partial charge is 0.194 e. The quantitative estimate of drug-likeness (QED) is 0.561. The van der Waals surface area contributed by atoms with Crippen molar-refractivity contribution >= 4 is 5.96 Å². The molecule has 1 aromatic carbocycles. The Morgan fingerprint density at radius 3 is 2.82 bits per heavy atom. The third kappa shape index (κ3) is 5.37. The molecule has 1 unspecified atom stereocenters. The summed E-state index contributed by atoms with van der Waals surface area (Å²) < 4.78 is 11.2. The van der Waals surface area contributed by atoms with E-state index < -0.39 is 0 Å². The van der Waals surface area contributed by atoms with Gasteiger partial charge in [0.05, 0.1) is 13.7 Å². The molecular formula is C20H30N6O2. The number of aromatic amines is 1. The van der Waals surface area contributed by atoms with E-state index in [-0.39, 0.29) is 6.10 Å². The summed E-state index contributed by atoms with van der Waals surface area (Å²) in [5.41, 5.74) is 0. The standard InChI is InChI=1S/C20H30N6O2/c1-4-21-20(26-10-8-16(9-11-26)19-23-14-24-25-19)22-13-15(2)28-18-7-5-6-17(12-18)27-3/h5-7,12,14-16H,4,8-11,13H2,1-3H3,(H,21,22)(H,23,24,25). The number of nitrogens with one attached hydrogen (secondary N) is 2. The van der Waals surface area contributed by atoms with Gasteiger partial charge in [-0.1, -0.05) is 6.07 Å². The molecule has 0 amide bonds. The Morgan fingerprint density at radius 1 is 1.36 bits per heavy atom. The molecule has 2 aromatic rings. The van der Waals surface area contributed by atoms with E-state index in [9.17, 15) is 0 Å². The Morgan fingerprint density at radius 2 is 2.14 bits per heavy atom. The molecule has 0 radical (unpaired) electrons. The van der Waals surface area contributed by atoms with E-state index in [1.807, 2.05) is 31.2 Å². The van der Waals surface area contributed by atoms with Crippen molar-refractivity contribution in [1.29, 1.82) is 0 Å². The minimum atomic E-state index is -0.0347. The molecule has 1 fully saturated rings. The highest BCUT2D eigenvalue weighted by Crippen LogP contribution is 2.25. The number of hydrogen-bond donors (Lipinski definition) is 2. The van der Waals surface area contributed by atoms with Crippen LogP contribution in [0.15, 0.2) is 35.6 Å². The fraction of sp³-hybridized carbons (Fsp3) is 0.550. The Bertz CT molecular complexity index is 741. The molecule has 1 saturated heterocycles. The highest BCUT2D eigenvalue weighted by molar-refractivity contribution is 5.80. The third-order valence-corrected chi connectivity index (χ3v) is 4.83. The zero-order chi connectivity index (χ0) is 19.8. The maximum atomic E-state index is 5.99. The Labute approximate surface area is 166 Å². The van der Waals surface area contributed by atoms with Gasteiger partial charge in [-0.25, -0.2) is 9.98 Å². The van der Waals surface area contributed by atoms with Crippen LogP contribution in [0.25, 0.3) is 0 Å². The predicted octanol–water partition coefficient (Wildman–Crippen LogP) is 2.43. The summed E-state index contributed by atoms with van der Waals surface area (Å²) in [5.74, 6) is 3.95. The first-order valence-corrected chi connectivity index (χ1v) is 9.88. The van der Waals surface area contributed by atoms with Crippen LogP contribution in [0.1, 0.15) is 38.4 Å². The van der Waals surface area contributed by atoms with Crippen LogP contribution in [0.4, 0.5) is 0 Å². The summed E-state index contributed by atoms with van der Waals surface area (Å²) in [4.78, 5) is 11.4. The average molecular weight is 387 g/mol. The van der Waals surface area contributed by atoms with E-state index in [0.29, 0.717) is 12.5 Å². The van der Waals surface area contributed by atoms with Crippen LogP contribution >= 0.6 is 0 Å². The molecule has 8 nitrogen and oxygen atoms in total. The summed E-state index contributed by atoms with van der Waals surface area (Å²) in [6, 6.07) is 7.65. The summed E-state index contributed by atoms with van der Waals surface area (Å²) >= 11 is 0. The number of nitrogens with zero attached hydrogens (tertiary/aromatic N) is 4. The number of methoxy groups -OCH3 is 1. The summed E-state index contributed by atoms with van der Waals surface area (Å²) in [6.07, 6.45) is 3.62. The van der Waals surface area contributed by atoms with Crippen molar-refractivity contribution in [2.75, 3.05) is 33.3 Å². The van der Waals surface area contributed by atoms with Gasteiger partial charge in [0, 0.05) is 31.6 Å². The molecule has 0 saturated carbocycles. The zero-order valence-corrected chi connectivity index (χ0v) is 16.9. The van der Waals surface area contributed by atoms with Crippen molar-refractivity contribution in [1.82, 2.24) is 25.4 Å². The summed E-state index contributed by atoms with van der Waals surface area (Å²) in [6.45, 7) is 7.44. The second kappa shape index (κ2) is 9.96. The fourth-order valence-corrected chi connectivity index (χ4v) is 3.36. The van der Waals surface area contributed by atoms with Crippen LogP contribution in [0.5, 0.6) is 11.5 Å². The second-order valence-corrected chi connectivity index (χ2v) is 6.93. The first-order valence-electron chi connectivity index (χ1n) is 9.88.